The van der Waals surface area contributed by atoms with Crippen molar-refractivity contribution in [2.75, 3.05) is 6.54 Å². The van der Waals surface area contributed by atoms with E-state index < -0.39 is 5.97 Å². The van der Waals surface area contributed by atoms with Crippen LogP contribution in [0.5, 0.6) is 0 Å². The third-order valence-corrected chi connectivity index (χ3v) is 7.60. The number of rotatable bonds is 5. The third-order valence-electron chi connectivity index (χ3n) is 7.60. The summed E-state index contributed by atoms with van der Waals surface area (Å²) >= 11 is 0. The molecule has 0 radical (unpaired) electrons. The number of piperidine rings is 2. The van der Waals surface area contributed by atoms with E-state index >= 15 is 0 Å². The van der Waals surface area contributed by atoms with Crippen LogP contribution in [0, 0.1) is 12.8 Å². The molecule has 2 aliphatic heterocycles. The van der Waals surface area contributed by atoms with Gasteiger partial charge in [-0.25, -0.2) is 9.48 Å². The second kappa shape index (κ2) is 8.78. The Bertz CT molecular complexity index is 1370. The molecule has 2 saturated heterocycles. The lowest BCUT2D eigenvalue weighted by molar-refractivity contribution is 0.0697. The van der Waals surface area contributed by atoms with Gasteiger partial charge in [0.15, 0.2) is 0 Å². The van der Waals surface area contributed by atoms with E-state index in [-0.39, 0.29) is 5.56 Å². The van der Waals surface area contributed by atoms with Crippen molar-refractivity contribution in [3.05, 3.63) is 89.6 Å². The van der Waals surface area contributed by atoms with E-state index in [4.69, 9.17) is 0 Å². The van der Waals surface area contributed by atoms with Crippen LogP contribution in [-0.4, -0.2) is 38.7 Å². The molecule has 7 rings (SSSR count). The van der Waals surface area contributed by atoms with Crippen LogP contribution in [0.25, 0.3) is 28.1 Å². The maximum absolute atomic E-state index is 11.9. The van der Waals surface area contributed by atoms with Crippen LogP contribution in [-0.2, 0) is 0 Å². The average Bonchev–Trinajstić information content (AvgIpc) is 3.40. The third kappa shape index (κ3) is 4.26. The molecule has 6 nitrogen and oxygen atoms in total. The topological polar surface area (TPSA) is 80.0 Å². The molecular weight excluding hydrogens is 436 g/mol. The second-order valence-corrected chi connectivity index (χ2v) is 9.89. The largest absolute Gasteiger partial charge is 0.478 e. The highest BCUT2D eigenvalue weighted by Gasteiger charge is 2.35. The standard InChI is InChI=1S/C29H28N4O2/c1-18-2-4-21(5-3-18)28-17-33(32-31-28)26-13-23(12-24(14-26)29(34)35)19-6-8-20(9-7-19)27-15-25-11-10-22(27)16-30-25/h2-9,12-14,17,22,25,27,30H,10-11,15-16H2,1H3,(H,34,35). The molecule has 3 atom stereocenters. The van der Waals surface area contributed by atoms with Gasteiger partial charge in [0.2, 0.25) is 0 Å². The molecule has 3 heterocycles. The van der Waals surface area contributed by atoms with Gasteiger partial charge in [-0.3, -0.25) is 0 Å². The van der Waals surface area contributed by atoms with Gasteiger partial charge in [0.1, 0.15) is 5.69 Å². The highest BCUT2D eigenvalue weighted by molar-refractivity contribution is 5.90. The van der Waals surface area contributed by atoms with Gasteiger partial charge in [-0.2, -0.15) is 0 Å². The van der Waals surface area contributed by atoms with Gasteiger partial charge in [0.25, 0.3) is 0 Å². The molecule has 3 aliphatic rings. The highest BCUT2D eigenvalue weighted by Crippen LogP contribution is 2.41. The van der Waals surface area contributed by atoms with Crippen LogP contribution in [0.4, 0.5) is 0 Å². The van der Waals surface area contributed by atoms with Crippen molar-refractivity contribution >= 4 is 5.97 Å². The lowest BCUT2D eigenvalue weighted by atomic mass is 9.70. The van der Waals surface area contributed by atoms with Gasteiger partial charge in [0.05, 0.1) is 17.4 Å². The van der Waals surface area contributed by atoms with Crippen molar-refractivity contribution in [1.82, 2.24) is 20.3 Å². The average molecular weight is 465 g/mol. The van der Waals surface area contributed by atoms with Gasteiger partial charge < -0.3 is 10.4 Å². The van der Waals surface area contributed by atoms with Gasteiger partial charge in [0, 0.05) is 11.6 Å². The molecule has 4 aromatic rings. The minimum absolute atomic E-state index is 0.227. The minimum atomic E-state index is -0.964. The molecule has 0 amide bonds. The summed E-state index contributed by atoms with van der Waals surface area (Å²) < 4.78 is 1.64. The monoisotopic (exact) mass is 464 g/mol. The zero-order valence-corrected chi connectivity index (χ0v) is 19.7. The first-order valence-corrected chi connectivity index (χ1v) is 12.3. The first-order chi connectivity index (χ1) is 17.0. The number of nitrogens with zero attached hydrogens (tertiary/aromatic N) is 3. The molecule has 2 N–H and O–H groups in total. The van der Waals surface area contributed by atoms with E-state index in [1.165, 1.54) is 30.4 Å². The smallest absolute Gasteiger partial charge is 0.335 e. The van der Waals surface area contributed by atoms with E-state index in [0.29, 0.717) is 23.6 Å². The van der Waals surface area contributed by atoms with E-state index in [1.54, 1.807) is 16.8 Å². The Morgan fingerprint density at radius 3 is 2.40 bits per heavy atom. The Balaban J connectivity index is 1.32. The Morgan fingerprint density at radius 2 is 1.74 bits per heavy atom. The summed E-state index contributed by atoms with van der Waals surface area (Å²) in [6.45, 7) is 3.16. The summed E-state index contributed by atoms with van der Waals surface area (Å²) in [6.07, 6.45) is 5.64. The molecule has 6 heteroatoms. The number of carboxylic acids is 1. The Hall–Kier alpha value is -3.77. The summed E-state index contributed by atoms with van der Waals surface area (Å²) in [5.74, 6) is 0.359. The molecule has 1 aromatic heterocycles. The van der Waals surface area contributed by atoms with Crippen molar-refractivity contribution in [3.63, 3.8) is 0 Å². The van der Waals surface area contributed by atoms with Gasteiger partial charge in [-0.1, -0.05) is 59.3 Å². The van der Waals surface area contributed by atoms with E-state index in [9.17, 15) is 9.90 Å². The zero-order chi connectivity index (χ0) is 23.9. The number of hydrogen-bond donors (Lipinski definition) is 2. The lowest BCUT2D eigenvalue weighted by Gasteiger charge is -2.43. The van der Waals surface area contributed by atoms with Crippen molar-refractivity contribution in [2.45, 2.75) is 38.1 Å². The fourth-order valence-electron chi connectivity index (χ4n) is 5.59. The number of benzene rings is 3. The molecular formula is C29H28N4O2. The highest BCUT2D eigenvalue weighted by atomic mass is 16.4. The quantitative estimate of drug-likeness (QED) is 0.410. The molecule has 1 saturated carbocycles. The lowest BCUT2D eigenvalue weighted by Crippen LogP contribution is -2.48. The fraction of sp³-hybridized carbons (Fsp3) is 0.276. The van der Waals surface area contributed by atoms with Crippen LogP contribution in [0.15, 0.2) is 72.9 Å². The number of aryl methyl sites for hydroxylation is 1. The number of carboxylic acid groups (broad SMARTS) is 1. The summed E-state index contributed by atoms with van der Waals surface area (Å²) in [7, 11) is 0. The van der Waals surface area contributed by atoms with Crippen LogP contribution >= 0.6 is 0 Å². The van der Waals surface area contributed by atoms with Gasteiger partial charge in [-0.15, -0.1) is 5.10 Å². The minimum Gasteiger partial charge on any atom is -0.478 e. The van der Waals surface area contributed by atoms with Crippen LogP contribution in [0.1, 0.15) is 46.7 Å². The summed E-state index contributed by atoms with van der Waals surface area (Å²) in [6, 6.07) is 22.8. The van der Waals surface area contributed by atoms with Crippen molar-refractivity contribution < 1.29 is 9.90 Å². The molecule has 2 bridgehead atoms. The van der Waals surface area contributed by atoms with Crippen molar-refractivity contribution in [2.24, 2.45) is 5.92 Å². The van der Waals surface area contributed by atoms with E-state index in [2.05, 4.69) is 39.9 Å². The van der Waals surface area contributed by atoms with Crippen LogP contribution < -0.4 is 5.32 Å². The second-order valence-electron chi connectivity index (χ2n) is 9.89. The van der Waals surface area contributed by atoms with E-state index in [0.717, 1.165) is 28.9 Å². The van der Waals surface area contributed by atoms with Crippen molar-refractivity contribution in [3.8, 4) is 28.1 Å². The number of fused-ring (bicyclic) bond motifs is 3. The molecule has 0 spiro atoms. The maximum atomic E-state index is 11.9. The molecule has 3 fully saturated rings. The fourth-order valence-corrected chi connectivity index (χ4v) is 5.59. The Kier molecular flexibility index (Phi) is 5.46. The number of carbonyl (C=O) groups is 1. The normalized spacial score (nSPS) is 21.2. The van der Waals surface area contributed by atoms with Gasteiger partial charge >= 0.3 is 5.97 Å². The Morgan fingerprint density at radius 1 is 0.971 bits per heavy atom. The van der Waals surface area contributed by atoms with E-state index in [1.807, 2.05) is 43.5 Å². The SMILES string of the molecule is Cc1ccc(-c2cn(-c3cc(C(=O)O)cc(-c4ccc(C5CC6CCC5CN6)cc4)c3)nn2)cc1. The number of nitrogens with one attached hydrogen (secondary N) is 1. The van der Waals surface area contributed by atoms with Crippen molar-refractivity contribution in [1.29, 1.82) is 0 Å². The van der Waals surface area contributed by atoms with Gasteiger partial charge in [-0.05, 0) is 79.5 Å². The van der Waals surface area contributed by atoms with Crippen LogP contribution in [0.2, 0.25) is 0 Å². The molecule has 176 valence electrons. The number of aromatic carboxylic acids is 1. The maximum Gasteiger partial charge on any atom is 0.335 e. The zero-order valence-electron chi connectivity index (χ0n) is 19.7. The summed E-state index contributed by atoms with van der Waals surface area (Å²) in [5, 5.41) is 22.0. The van der Waals surface area contributed by atoms with Crippen LogP contribution in [0.3, 0.4) is 0 Å². The summed E-state index contributed by atoms with van der Waals surface area (Å²) in [5.41, 5.74) is 7.03. The number of aromatic nitrogens is 3. The Labute approximate surface area is 204 Å². The predicted octanol–water partition coefficient (Wildman–Crippen LogP) is 5.46. The molecule has 3 aromatic carbocycles. The first-order valence-electron chi connectivity index (χ1n) is 12.3. The first kappa shape index (κ1) is 21.7. The molecule has 35 heavy (non-hydrogen) atoms. The molecule has 3 unspecified atom stereocenters. The molecule has 1 aliphatic carbocycles. The predicted molar refractivity (Wildman–Crippen MR) is 136 cm³/mol. The number of hydrogen-bond acceptors (Lipinski definition) is 4. The summed E-state index contributed by atoms with van der Waals surface area (Å²) in [4.78, 5) is 11.9.